The Morgan fingerprint density at radius 3 is 2.54 bits per heavy atom. The molecule has 4 aromatic rings. The van der Waals surface area contributed by atoms with Gasteiger partial charge in [0.2, 0.25) is 0 Å². The summed E-state index contributed by atoms with van der Waals surface area (Å²) in [4.78, 5) is 4.74. The average molecular weight is 409 g/mol. The summed E-state index contributed by atoms with van der Waals surface area (Å²) < 4.78 is 8.07. The van der Waals surface area contributed by atoms with Crippen LogP contribution in [0, 0.1) is 0 Å². The zero-order valence-corrected chi connectivity index (χ0v) is 16.6. The molecule has 0 spiro atoms. The molecule has 0 saturated carbocycles. The summed E-state index contributed by atoms with van der Waals surface area (Å²) in [5.41, 5.74) is 3.18. The molecule has 0 atom stereocenters. The van der Waals surface area contributed by atoms with Crippen molar-refractivity contribution in [1.82, 2.24) is 9.55 Å². The summed E-state index contributed by atoms with van der Waals surface area (Å²) in [5.74, 6) is 1.43. The van der Waals surface area contributed by atoms with Crippen LogP contribution in [0.2, 0.25) is 10.0 Å². The van der Waals surface area contributed by atoms with Gasteiger partial charge in [0.15, 0.2) is 0 Å². The largest absolute Gasteiger partial charge is 0.484 e. The molecule has 0 amide bonds. The van der Waals surface area contributed by atoms with Gasteiger partial charge in [-0.15, -0.1) is 0 Å². The normalized spacial score (nSPS) is 11.4. The molecule has 0 aliphatic heterocycles. The maximum atomic E-state index is 6.22. The Hall–Kier alpha value is -2.75. The van der Waals surface area contributed by atoms with E-state index < -0.39 is 0 Å². The number of para-hydroxylation sites is 2. The first-order chi connectivity index (χ1) is 13.7. The number of halogens is 2. The number of imidazole rings is 1. The highest BCUT2D eigenvalue weighted by molar-refractivity contribution is 6.35. The highest BCUT2D eigenvalue weighted by Crippen LogP contribution is 2.28. The third-order valence-electron chi connectivity index (χ3n) is 4.38. The van der Waals surface area contributed by atoms with Crippen molar-refractivity contribution in [2.24, 2.45) is 0 Å². The summed E-state index contributed by atoms with van der Waals surface area (Å²) in [7, 11) is 0. The number of allylic oxidation sites excluding steroid dienone is 1. The van der Waals surface area contributed by atoms with Crippen molar-refractivity contribution < 1.29 is 4.74 Å². The molecule has 0 fully saturated rings. The Kier molecular flexibility index (Phi) is 5.65. The molecule has 3 aromatic carbocycles. The summed E-state index contributed by atoms with van der Waals surface area (Å²) in [6.07, 6.45) is 4.23. The maximum Gasteiger partial charge on any atom is 0.148 e. The van der Waals surface area contributed by atoms with Crippen LogP contribution in [-0.2, 0) is 13.2 Å². The highest BCUT2D eigenvalue weighted by Gasteiger charge is 2.11. The number of nitrogens with zero attached hydrogens (tertiary/aromatic N) is 2. The van der Waals surface area contributed by atoms with Gasteiger partial charge < -0.3 is 9.30 Å². The van der Waals surface area contributed by atoms with Gasteiger partial charge in [-0.2, -0.15) is 0 Å². The number of ether oxygens (including phenoxy) is 1. The molecular weight excluding hydrogens is 391 g/mol. The van der Waals surface area contributed by atoms with Crippen molar-refractivity contribution in [3.05, 3.63) is 100 Å². The van der Waals surface area contributed by atoms with Crippen molar-refractivity contribution in [1.29, 1.82) is 0 Å². The monoisotopic (exact) mass is 408 g/mol. The van der Waals surface area contributed by atoms with Gasteiger partial charge in [0, 0.05) is 11.6 Å². The molecule has 28 heavy (non-hydrogen) atoms. The first-order valence-corrected chi connectivity index (χ1v) is 9.70. The van der Waals surface area contributed by atoms with E-state index in [9.17, 15) is 0 Å². The summed E-state index contributed by atoms with van der Waals surface area (Å²) in [6.45, 7) is 1.01. The molecule has 0 bridgehead atoms. The van der Waals surface area contributed by atoms with Crippen molar-refractivity contribution in [2.45, 2.75) is 13.2 Å². The lowest BCUT2D eigenvalue weighted by molar-refractivity contribution is 0.291. The van der Waals surface area contributed by atoms with Crippen LogP contribution >= 0.6 is 23.2 Å². The summed E-state index contributed by atoms with van der Waals surface area (Å²) in [6, 6.07) is 23.5. The lowest BCUT2D eigenvalue weighted by Gasteiger charge is -2.10. The van der Waals surface area contributed by atoms with Gasteiger partial charge in [0.1, 0.15) is 18.2 Å². The van der Waals surface area contributed by atoms with E-state index in [0.717, 1.165) is 22.4 Å². The molecule has 1 heterocycles. The summed E-state index contributed by atoms with van der Waals surface area (Å²) >= 11 is 12.2. The molecule has 1 aromatic heterocycles. The predicted molar refractivity (Wildman–Crippen MR) is 116 cm³/mol. The average Bonchev–Trinajstić information content (AvgIpc) is 3.06. The fraction of sp³-hybridized carbons (Fsp3) is 0.0870. The Morgan fingerprint density at radius 1 is 0.929 bits per heavy atom. The predicted octanol–water partition coefficient (Wildman–Crippen LogP) is 6.64. The van der Waals surface area contributed by atoms with E-state index in [1.54, 1.807) is 18.2 Å². The molecule has 0 unspecified atom stereocenters. The first-order valence-electron chi connectivity index (χ1n) is 8.94. The van der Waals surface area contributed by atoms with Crippen LogP contribution in [0.1, 0.15) is 11.4 Å². The number of hydrogen-bond donors (Lipinski definition) is 0. The molecule has 5 heteroatoms. The van der Waals surface area contributed by atoms with E-state index in [0.29, 0.717) is 28.9 Å². The van der Waals surface area contributed by atoms with Crippen LogP contribution in [0.5, 0.6) is 5.75 Å². The van der Waals surface area contributed by atoms with Crippen molar-refractivity contribution >= 4 is 40.3 Å². The number of hydrogen-bond acceptors (Lipinski definition) is 2. The number of aromatic nitrogens is 2. The van der Waals surface area contributed by atoms with Gasteiger partial charge in [-0.1, -0.05) is 77.8 Å². The van der Waals surface area contributed by atoms with Crippen LogP contribution in [0.4, 0.5) is 0 Å². The van der Waals surface area contributed by atoms with Crippen LogP contribution in [0.25, 0.3) is 17.1 Å². The van der Waals surface area contributed by atoms with Crippen LogP contribution in [-0.4, -0.2) is 9.55 Å². The van der Waals surface area contributed by atoms with E-state index in [1.807, 2.05) is 36.4 Å². The zero-order chi connectivity index (χ0) is 19.3. The molecule has 0 N–H and O–H groups in total. The molecule has 0 aliphatic rings. The molecule has 0 aliphatic carbocycles. The van der Waals surface area contributed by atoms with Gasteiger partial charge in [-0.25, -0.2) is 4.98 Å². The van der Waals surface area contributed by atoms with Crippen molar-refractivity contribution in [3.63, 3.8) is 0 Å². The van der Waals surface area contributed by atoms with Crippen LogP contribution in [0.15, 0.2) is 78.9 Å². The van der Waals surface area contributed by atoms with Gasteiger partial charge in [0.25, 0.3) is 0 Å². The number of benzene rings is 3. The lowest BCUT2D eigenvalue weighted by atomic mass is 10.2. The standard InChI is InChI=1S/C23H18Cl2N2O/c24-18-12-13-22(19(25)15-18)28-16-23-26-20-10-4-5-11-21(20)27(23)14-6-9-17-7-2-1-3-8-17/h1-13,15H,14,16H2/b9-6+. The molecule has 0 saturated heterocycles. The minimum Gasteiger partial charge on any atom is -0.484 e. The highest BCUT2D eigenvalue weighted by atomic mass is 35.5. The quantitative estimate of drug-likeness (QED) is 0.357. The van der Waals surface area contributed by atoms with Crippen LogP contribution < -0.4 is 4.74 Å². The zero-order valence-electron chi connectivity index (χ0n) is 15.1. The molecule has 0 radical (unpaired) electrons. The van der Waals surface area contributed by atoms with E-state index in [4.69, 9.17) is 32.9 Å². The minimum atomic E-state index is 0.315. The fourth-order valence-corrected chi connectivity index (χ4v) is 3.50. The van der Waals surface area contributed by atoms with Crippen molar-refractivity contribution in [2.75, 3.05) is 0 Å². The molecule has 4 rings (SSSR count). The van der Waals surface area contributed by atoms with Gasteiger partial charge in [-0.3, -0.25) is 0 Å². The van der Waals surface area contributed by atoms with E-state index in [-0.39, 0.29) is 0 Å². The Labute approximate surface area is 173 Å². The molecule has 3 nitrogen and oxygen atoms in total. The van der Waals surface area contributed by atoms with E-state index in [2.05, 4.69) is 34.9 Å². The lowest BCUT2D eigenvalue weighted by Crippen LogP contribution is -2.06. The second-order valence-corrected chi connectivity index (χ2v) is 7.15. The molecule has 140 valence electrons. The summed E-state index contributed by atoms with van der Waals surface area (Å²) in [5, 5.41) is 1.06. The second kappa shape index (κ2) is 8.51. The minimum absolute atomic E-state index is 0.315. The smallest absolute Gasteiger partial charge is 0.148 e. The Morgan fingerprint density at radius 2 is 1.71 bits per heavy atom. The third kappa shape index (κ3) is 4.22. The van der Waals surface area contributed by atoms with E-state index in [1.165, 1.54) is 0 Å². The topological polar surface area (TPSA) is 27.1 Å². The third-order valence-corrected chi connectivity index (χ3v) is 4.91. The number of fused-ring (bicyclic) bond motifs is 1. The Balaban J connectivity index is 1.58. The van der Waals surface area contributed by atoms with Gasteiger partial charge in [-0.05, 0) is 35.9 Å². The first kappa shape index (κ1) is 18.6. The van der Waals surface area contributed by atoms with Gasteiger partial charge >= 0.3 is 0 Å². The van der Waals surface area contributed by atoms with Gasteiger partial charge in [0.05, 0.1) is 16.1 Å². The maximum absolute atomic E-state index is 6.22. The Bertz CT molecular complexity index is 1120. The van der Waals surface area contributed by atoms with Crippen molar-refractivity contribution in [3.8, 4) is 5.75 Å². The molecular formula is C23H18Cl2N2O. The van der Waals surface area contributed by atoms with E-state index >= 15 is 0 Å². The van der Waals surface area contributed by atoms with Crippen LogP contribution in [0.3, 0.4) is 0 Å². The fourth-order valence-electron chi connectivity index (χ4n) is 3.03. The SMILES string of the molecule is Clc1ccc(OCc2nc3ccccc3n2C/C=C/c2ccccc2)c(Cl)c1. The second-order valence-electron chi connectivity index (χ2n) is 6.30. The number of rotatable bonds is 6.